The predicted octanol–water partition coefficient (Wildman–Crippen LogP) is 2.85. The van der Waals surface area contributed by atoms with Crippen molar-refractivity contribution in [1.82, 2.24) is 4.90 Å². The number of nitrogens with two attached hydrogens (primary N) is 1. The van der Waals surface area contributed by atoms with Crippen molar-refractivity contribution in [2.45, 2.75) is 31.8 Å². The smallest absolute Gasteiger partial charge is 0.0233 e. The molecule has 1 aliphatic rings. The topological polar surface area (TPSA) is 29.3 Å². The van der Waals surface area contributed by atoms with Gasteiger partial charge in [0.25, 0.3) is 0 Å². The van der Waals surface area contributed by atoms with Crippen LogP contribution in [0.25, 0.3) is 0 Å². The van der Waals surface area contributed by atoms with Gasteiger partial charge >= 0.3 is 0 Å². The molecule has 94 valence electrons. The first-order valence-electron chi connectivity index (χ1n) is 6.35. The Kier molecular flexibility index (Phi) is 4.82. The molecule has 0 bridgehead atoms. The van der Waals surface area contributed by atoms with Gasteiger partial charge in [0, 0.05) is 16.2 Å². The second-order valence-corrected chi connectivity index (χ2v) is 6.28. The second-order valence-electron chi connectivity index (χ2n) is 5.04. The molecule has 1 aliphatic carbocycles. The lowest BCUT2D eigenvalue weighted by Crippen LogP contribution is -2.37. The van der Waals surface area contributed by atoms with E-state index in [0.29, 0.717) is 12.0 Å². The molecular weight excluding hydrogens is 323 g/mol. The fourth-order valence-corrected chi connectivity index (χ4v) is 3.23. The Morgan fingerprint density at radius 3 is 2.65 bits per heavy atom. The van der Waals surface area contributed by atoms with Crippen LogP contribution in [0.3, 0.4) is 0 Å². The molecule has 1 aromatic rings. The van der Waals surface area contributed by atoms with E-state index in [1.165, 1.54) is 28.4 Å². The van der Waals surface area contributed by atoms with Gasteiger partial charge in [-0.3, -0.25) is 4.90 Å². The quantitative estimate of drug-likeness (QED) is 0.851. The summed E-state index contributed by atoms with van der Waals surface area (Å²) in [5.74, 6) is 0.698. The molecule has 0 aromatic heterocycles. The van der Waals surface area contributed by atoms with E-state index in [0.717, 1.165) is 13.1 Å². The van der Waals surface area contributed by atoms with Crippen LogP contribution >= 0.6 is 22.6 Å². The van der Waals surface area contributed by atoms with Crippen LogP contribution in [-0.4, -0.2) is 24.5 Å². The van der Waals surface area contributed by atoms with E-state index in [9.17, 15) is 0 Å². The van der Waals surface area contributed by atoms with Crippen LogP contribution in [0.5, 0.6) is 0 Å². The van der Waals surface area contributed by atoms with Crippen LogP contribution in [0.2, 0.25) is 0 Å². The van der Waals surface area contributed by atoms with Crippen molar-refractivity contribution >= 4 is 22.6 Å². The third kappa shape index (κ3) is 3.42. The predicted molar refractivity (Wildman–Crippen MR) is 80.8 cm³/mol. The average Bonchev–Trinajstić information content (AvgIpc) is 2.80. The minimum atomic E-state index is 0.680. The maximum absolute atomic E-state index is 5.85. The fourth-order valence-electron chi connectivity index (χ4n) is 2.87. The Morgan fingerprint density at radius 2 is 2.00 bits per heavy atom. The van der Waals surface area contributed by atoms with Crippen LogP contribution < -0.4 is 5.73 Å². The first kappa shape index (κ1) is 13.3. The molecule has 0 heterocycles. The van der Waals surface area contributed by atoms with Gasteiger partial charge in [-0.25, -0.2) is 0 Å². The van der Waals surface area contributed by atoms with Crippen LogP contribution in [-0.2, 0) is 6.54 Å². The van der Waals surface area contributed by atoms with Gasteiger partial charge in [0.05, 0.1) is 0 Å². The Hall–Kier alpha value is -0.130. The van der Waals surface area contributed by atoms with Crippen LogP contribution in [0.4, 0.5) is 0 Å². The van der Waals surface area contributed by atoms with Gasteiger partial charge in [-0.1, -0.05) is 18.6 Å². The van der Waals surface area contributed by atoms with E-state index in [-0.39, 0.29) is 0 Å². The zero-order valence-electron chi connectivity index (χ0n) is 10.4. The SMILES string of the molecule is CN(Cc1ccc(I)cc1)C1CCCC1CN. The molecule has 1 aromatic carbocycles. The summed E-state index contributed by atoms with van der Waals surface area (Å²) >= 11 is 2.35. The first-order valence-corrected chi connectivity index (χ1v) is 7.43. The van der Waals surface area contributed by atoms with Crippen LogP contribution in [0, 0.1) is 9.49 Å². The third-order valence-corrected chi connectivity index (χ3v) is 4.55. The lowest BCUT2D eigenvalue weighted by molar-refractivity contribution is 0.193. The molecule has 0 aliphatic heterocycles. The average molecular weight is 344 g/mol. The molecule has 2 nitrogen and oxygen atoms in total. The molecule has 0 saturated heterocycles. The molecule has 2 rings (SSSR count). The van der Waals surface area contributed by atoms with Crippen molar-refractivity contribution in [2.75, 3.05) is 13.6 Å². The lowest BCUT2D eigenvalue weighted by Gasteiger charge is -2.29. The molecule has 3 heteroatoms. The van der Waals surface area contributed by atoms with Gasteiger partial charge in [0.15, 0.2) is 0 Å². The van der Waals surface area contributed by atoms with Crippen molar-refractivity contribution in [3.63, 3.8) is 0 Å². The number of hydrogen-bond acceptors (Lipinski definition) is 2. The summed E-state index contributed by atoms with van der Waals surface area (Å²) in [5.41, 5.74) is 7.25. The second kappa shape index (κ2) is 6.16. The highest BCUT2D eigenvalue weighted by molar-refractivity contribution is 14.1. The van der Waals surface area contributed by atoms with Crippen LogP contribution in [0.1, 0.15) is 24.8 Å². The number of hydrogen-bond donors (Lipinski definition) is 1. The van der Waals surface area contributed by atoms with Gasteiger partial charge in [-0.2, -0.15) is 0 Å². The van der Waals surface area contributed by atoms with Gasteiger partial charge < -0.3 is 5.73 Å². The van der Waals surface area contributed by atoms with E-state index >= 15 is 0 Å². The van der Waals surface area contributed by atoms with Crippen LogP contribution in [0.15, 0.2) is 24.3 Å². The molecule has 1 fully saturated rings. The summed E-state index contributed by atoms with van der Waals surface area (Å²) in [6, 6.07) is 9.49. The number of halogens is 1. The van der Waals surface area contributed by atoms with E-state index in [2.05, 4.69) is 58.8 Å². The monoisotopic (exact) mass is 344 g/mol. The van der Waals surface area contributed by atoms with E-state index in [1.54, 1.807) is 0 Å². The lowest BCUT2D eigenvalue weighted by atomic mass is 10.0. The van der Waals surface area contributed by atoms with Crippen molar-refractivity contribution in [3.05, 3.63) is 33.4 Å². The van der Waals surface area contributed by atoms with Crippen molar-refractivity contribution < 1.29 is 0 Å². The zero-order chi connectivity index (χ0) is 12.3. The molecule has 0 radical (unpaired) electrons. The largest absolute Gasteiger partial charge is 0.330 e. The molecule has 2 atom stereocenters. The van der Waals surface area contributed by atoms with Gasteiger partial charge in [-0.15, -0.1) is 0 Å². The Balaban J connectivity index is 1.96. The Bertz CT molecular complexity index is 350. The normalized spacial score (nSPS) is 24.5. The maximum atomic E-state index is 5.85. The number of rotatable bonds is 4. The molecule has 1 saturated carbocycles. The highest BCUT2D eigenvalue weighted by Crippen LogP contribution is 2.29. The summed E-state index contributed by atoms with van der Waals surface area (Å²) in [6.45, 7) is 1.87. The maximum Gasteiger partial charge on any atom is 0.0233 e. The number of nitrogens with zero attached hydrogens (tertiary/aromatic N) is 1. The Labute approximate surface area is 118 Å². The standard InChI is InChI=1S/C14H21IN2/c1-17(14-4-2-3-12(14)9-16)10-11-5-7-13(15)8-6-11/h5-8,12,14H,2-4,9-10,16H2,1H3. The highest BCUT2D eigenvalue weighted by atomic mass is 127. The van der Waals surface area contributed by atoms with Crippen molar-refractivity contribution in [2.24, 2.45) is 11.7 Å². The highest BCUT2D eigenvalue weighted by Gasteiger charge is 2.28. The molecule has 2 N–H and O–H groups in total. The van der Waals surface area contributed by atoms with Crippen molar-refractivity contribution in [3.8, 4) is 0 Å². The fraction of sp³-hybridized carbons (Fsp3) is 0.571. The Morgan fingerprint density at radius 1 is 1.29 bits per heavy atom. The summed E-state index contributed by atoms with van der Waals surface area (Å²) in [7, 11) is 2.23. The zero-order valence-corrected chi connectivity index (χ0v) is 12.6. The van der Waals surface area contributed by atoms with Crippen molar-refractivity contribution in [1.29, 1.82) is 0 Å². The summed E-state index contributed by atoms with van der Waals surface area (Å²) in [4.78, 5) is 2.48. The molecule has 2 unspecified atom stereocenters. The van der Waals surface area contributed by atoms with E-state index < -0.39 is 0 Å². The minimum Gasteiger partial charge on any atom is -0.330 e. The van der Waals surface area contributed by atoms with E-state index in [4.69, 9.17) is 5.73 Å². The van der Waals surface area contributed by atoms with Gasteiger partial charge in [-0.05, 0) is 72.6 Å². The summed E-state index contributed by atoms with van der Waals surface area (Å²) < 4.78 is 1.30. The molecule has 0 spiro atoms. The van der Waals surface area contributed by atoms with Gasteiger partial charge in [0.2, 0.25) is 0 Å². The van der Waals surface area contributed by atoms with Gasteiger partial charge in [0.1, 0.15) is 0 Å². The molecular formula is C14H21IN2. The third-order valence-electron chi connectivity index (χ3n) is 3.83. The summed E-state index contributed by atoms with van der Waals surface area (Å²) in [5, 5.41) is 0. The van der Waals surface area contributed by atoms with E-state index in [1.807, 2.05) is 0 Å². The number of benzene rings is 1. The summed E-state index contributed by atoms with van der Waals surface area (Å²) in [6.07, 6.45) is 3.95. The first-order chi connectivity index (χ1) is 8.20. The minimum absolute atomic E-state index is 0.680. The molecule has 17 heavy (non-hydrogen) atoms. The molecule has 0 amide bonds.